The van der Waals surface area contributed by atoms with Crippen LogP contribution in [0.1, 0.15) is 36.0 Å². The van der Waals surface area contributed by atoms with E-state index in [9.17, 15) is 14.4 Å². The molecule has 0 atom stereocenters. The number of hydrogen-bond donors (Lipinski definition) is 2. The first-order chi connectivity index (χ1) is 21.8. The average Bonchev–Trinajstić information content (AvgIpc) is 3.64. The lowest BCUT2D eigenvalue weighted by Gasteiger charge is -2.18. The van der Waals surface area contributed by atoms with Crippen molar-refractivity contribution in [3.63, 3.8) is 0 Å². The monoisotopic (exact) mass is 609 g/mol. The predicted molar refractivity (Wildman–Crippen MR) is 178 cm³/mol. The van der Waals surface area contributed by atoms with Crippen molar-refractivity contribution in [3.8, 4) is 0 Å². The number of pyridine rings is 1. The lowest BCUT2D eigenvalue weighted by Crippen LogP contribution is -2.35. The van der Waals surface area contributed by atoms with E-state index in [4.69, 9.17) is 4.42 Å². The fourth-order valence-corrected chi connectivity index (χ4v) is 6.66. The Morgan fingerprint density at radius 1 is 0.933 bits per heavy atom. The number of carbonyl (C=O) groups excluding carboxylic acids is 1. The van der Waals surface area contributed by atoms with Gasteiger partial charge in [0.25, 0.3) is 5.91 Å². The van der Waals surface area contributed by atoms with Crippen molar-refractivity contribution in [2.75, 3.05) is 58.7 Å². The van der Waals surface area contributed by atoms with Gasteiger partial charge >= 0.3 is 0 Å². The van der Waals surface area contributed by atoms with Gasteiger partial charge < -0.3 is 29.3 Å². The number of carbonyl (C=O) groups is 1. The van der Waals surface area contributed by atoms with Crippen LogP contribution in [0.3, 0.4) is 0 Å². The van der Waals surface area contributed by atoms with Crippen LogP contribution in [-0.2, 0) is 0 Å². The second kappa shape index (κ2) is 11.8. The number of rotatable bonds is 10. The smallest absolute Gasteiger partial charge is 0.256 e. The highest BCUT2D eigenvalue weighted by Crippen LogP contribution is 2.36. The maximum atomic E-state index is 15.8. The lowest BCUT2D eigenvalue weighted by molar-refractivity contribution is 0.0948. The largest absolute Gasteiger partial charge is 0.451 e. The minimum atomic E-state index is -0.645. The zero-order chi connectivity index (χ0) is 31.2. The maximum absolute atomic E-state index is 15.8. The van der Waals surface area contributed by atoms with E-state index in [0.29, 0.717) is 47.0 Å². The van der Waals surface area contributed by atoms with Crippen molar-refractivity contribution in [1.82, 2.24) is 19.5 Å². The standard InChI is InChI=1S/C35H36FN5O4/c1-39(2)13-6-5-11-37-30-27(36)17-25-31-34(30)45-29-19-24-23(21-9-3-4-10-22(21)32(24)42)18-28(29)41(31)20-26(33(25)43)35(44)38-12-16-40-14-7-8-15-40/h3-4,9-10,17-20,37H,5-8,11-16H2,1-2H3,(H,38,44). The topological polar surface area (TPSA) is 99.3 Å². The Morgan fingerprint density at radius 2 is 1.71 bits per heavy atom. The lowest BCUT2D eigenvalue weighted by atomic mass is 10.1. The summed E-state index contributed by atoms with van der Waals surface area (Å²) in [4.78, 5) is 44.9. The van der Waals surface area contributed by atoms with Crippen LogP contribution < -0.4 is 21.5 Å². The van der Waals surface area contributed by atoms with Crippen LogP contribution in [0.25, 0.3) is 49.1 Å². The van der Waals surface area contributed by atoms with Crippen LogP contribution in [-0.4, -0.2) is 73.5 Å². The Hall–Kier alpha value is -4.54. The van der Waals surface area contributed by atoms with Crippen molar-refractivity contribution in [2.24, 2.45) is 0 Å². The average molecular weight is 610 g/mol. The molecule has 1 aliphatic rings. The number of benzene rings is 3. The van der Waals surface area contributed by atoms with E-state index >= 15 is 4.39 Å². The van der Waals surface area contributed by atoms with E-state index < -0.39 is 17.2 Å². The summed E-state index contributed by atoms with van der Waals surface area (Å²) in [6.07, 6.45) is 5.53. The molecule has 0 aliphatic carbocycles. The molecule has 2 N–H and O–H groups in total. The van der Waals surface area contributed by atoms with Gasteiger partial charge in [-0.1, -0.05) is 24.3 Å². The number of fused-ring (bicyclic) bond motifs is 5. The summed E-state index contributed by atoms with van der Waals surface area (Å²) >= 11 is 0. The molecule has 0 radical (unpaired) electrons. The number of likely N-dealkylation sites (tertiary alicyclic amines) is 1. The molecule has 1 saturated heterocycles. The Balaban J connectivity index is 1.41. The highest BCUT2D eigenvalue weighted by atomic mass is 19.1. The van der Waals surface area contributed by atoms with Crippen LogP contribution in [0, 0.1) is 5.82 Å². The zero-order valence-electron chi connectivity index (χ0n) is 25.5. The summed E-state index contributed by atoms with van der Waals surface area (Å²) in [6.45, 7) is 4.51. The molecule has 1 fully saturated rings. The summed E-state index contributed by atoms with van der Waals surface area (Å²) in [5.74, 6) is -1.15. The highest BCUT2D eigenvalue weighted by Gasteiger charge is 2.24. The molecule has 0 spiro atoms. The molecule has 0 unspecified atom stereocenters. The maximum Gasteiger partial charge on any atom is 0.256 e. The van der Waals surface area contributed by atoms with Gasteiger partial charge in [0, 0.05) is 36.6 Å². The van der Waals surface area contributed by atoms with Crippen LogP contribution >= 0.6 is 0 Å². The SMILES string of the molecule is CN(C)CCCCNc1c(F)cc2c(=O)c(C(=O)NCCN3CCCC3)cn3c4cc5c(cc4oc1c23)c(=O)c1ccccc15. The number of hydrogen-bond acceptors (Lipinski definition) is 7. The Kier molecular flexibility index (Phi) is 7.63. The molecule has 1 aliphatic heterocycles. The number of nitrogens with zero attached hydrogens (tertiary/aromatic N) is 3. The molecule has 2 aromatic heterocycles. The fourth-order valence-electron chi connectivity index (χ4n) is 6.66. The molecular formula is C35H36FN5O4. The van der Waals surface area contributed by atoms with Gasteiger partial charge in [0.15, 0.2) is 22.4 Å². The molecule has 0 bridgehead atoms. The molecule has 3 heterocycles. The van der Waals surface area contributed by atoms with Crippen LogP contribution in [0.2, 0.25) is 0 Å². The minimum absolute atomic E-state index is 0.0514. The van der Waals surface area contributed by atoms with E-state index in [2.05, 4.69) is 20.4 Å². The number of amides is 1. The number of anilines is 1. The van der Waals surface area contributed by atoms with Gasteiger partial charge in [-0.25, -0.2) is 4.39 Å². The van der Waals surface area contributed by atoms with Crippen LogP contribution in [0.15, 0.2) is 62.7 Å². The molecule has 0 saturated carbocycles. The minimum Gasteiger partial charge on any atom is -0.451 e. The van der Waals surface area contributed by atoms with Crippen molar-refractivity contribution in [2.45, 2.75) is 25.7 Å². The van der Waals surface area contributed by atoms with Gasteiger partial charge in [0.05, 0.1) is 10.9 Å². The first kappa shape index (κ1) is 29.2. The predicted octanol–water partition coefficient (Wildman–Crippen LogP) is 5.02. The van der Waals surface area contributed by atoms with E-state index in [1.807, 2.05) is 38.4 Å². The summed E-state index contributed by atoms with van der Waals surface area (Å²) in [7, 11) is 4.01. The molecule has 7 rings (SSSR count). The second-order valence-electron chi connectivity index (χ2n) is 12.3. The number of halogens is 1. The van der Waals surface area contributed by atoms with Gasteiger partial charge in [0.1, 0.15) is 16.8 Å². The van der Waals surface area contributed by atoms with Gasteiger partial charge in [-0.3, -0.25) is 14.4 Å². The number of nitrogens with one attached hydrogen (secondary N) is 2. The molecule has 10 heteroatoms. The van der Waals surface area contributed by atoms with Gasteiger partial charge in [-0.2, -0.15) is 0 Å². The molecule has 1 amide bonds. The summed E-state index contributed by atoms with van der Waals surface area (Å²) in [5.41, 5.74) is 0.819. The van der Waals surface area contributed by atoms with E-state index in [0.717, 1.165) is 56.1 Å². The van der Waals surface area contributed by atoms with Crippen LogP contribution in [0.5, 0.6) is 0 Å². The third-order valence-electron chi connectivity index (χ3n) is 8.96. The zero-order valence-corrected chi connectivity index (χ0v) is 25.5. The molecule has 4 aromatic carbocycles. The Morgan fingerprint density at radius 3 is 2.49 bits per heavy atom. The molecular weight excluding hydrogens is 573 g/mol. The number of aromatic nitrogens is 1. The fraction of sp³-hybridized carbons (Fsp3) is 0.343. The third-order valence-corrected chi connectivity index (χ3v) is 8.96. The third kappa shape index (κ3) is 5.17. The normalized spacial score (nSPS) is 14.2. The van der Waals surface area contributed by atoms with E-state index in [-0.39, 0.29) is 27.6 Å². The number of unbranched alkanes of at least 4 members (excludes halogenated alkanes) is 1. The van der Waals surface area contributed by atoms with Crippen molar-refractivity contribution in [1.29, 1.82) is 0 Å². The van der Waals surface area contributed by atoms with Crippen molar-refractivity contribution in [3.05, 3.63) is 80.5 Å². The Labute approximate surface area is 258 Å². The quantitative estimate of drug-likeness (QED) is 0.128. The van der Waals surface area contributed by atoms with Gasteiger partial charge in [0.2, 0.25) is 5.43 Å². The highest BCUT2D eigenvalue weighted by molar-refractivity contribution is 6.15. The van der Waals surface area contributed by atoms with E-state index in [1.165, 1.54) is 12.3 Å². The molecule has 6 aromatic rings. The Bertz CT molecular complexity index is 2200. The molecule has 9 nitrogen and oxygen atoms in total. The van der Waals surface area contributed by atoms with E-state index in [1.54, 1.807) is 16.5 Å². The first-order valence-electron chi connectivity index (χ1n) is 15.6. The summed E-state index contributed by atoms with van der Waals surface area (Å²) < 4.78 is 23.9. The van der Waals surface area contributed by atoms with Crippen LogP contribution in [0.4, 0.5) is 10.1 Å². The second-order valence-corrected chi connectivity index (χ2v) is 12.3. The van der Waals surface area contributed by atoms with Gasteiger partial charge in [-0.05, 0) is 88.4 Å². The van der Waals surface area contributed by atoms with Crippen molar-refractivity contribution < 1.29 is 13.6 Å². The first-order valence-corrected chi connectivity index (χ1v) is 15.6. The van der Waals surface area contributed by atoms with Crippen molar-refractivity contribution >= 4 is 60.7 Å². The summed E-state index contributed by atoms with van der Waals surface area (Å²) in [6, 6.07) is 12.1. The molecule has 232 valence electrons. The summed E-state index contributed by atoms with van der Waals surface area (Å²) in [5, 5.41) is 8.78. The molecule has 45 heavy (non-hydrogen) atoms. The van der Waals surface area contributed by atoms with Gasteiger partial charge in [-0.15, -0.1) is 0 Å².